The van der Waals surface area contributed by atoms with Crippen molar-refractivity contribution in [3.63, 3.8) is 0 Å². The minimum Gasteiger partial charge on any atom is -0.480 e. The Morgan fingerprint density at radius 2 is 1.95 bits per heavy atom. The molecule has 3 amide bonds. The maximum atomic E-state index is 11.5. The molecular weight excluding hydrogens is 252 g/mol. The fourth-order valence-electron chi connectivity index (χ4n) is 1.67. The number of carbonyl (C=O) groups is 4. The van der Waals surface area contributed by atoms with Crippen LogP contribution >= 0.6 is 0 Å². The molecule has 0 aromatic carbocycles. The lowest BCUT2D eigenvalue weighted by atomic mass is 10.2. The summed E-state index contributed by atoms with van der Waals surface area (Å²) in [6.45, 7) is -0.0358. The normalized spacial score (nSPS) is 16.1. The van der Waals surface area contributed by atoms with E-state index in [1.807, 2.05) is 0 Å². The van der Waals surface area contributed by atoms with E-state index in [9.17, 15) is 19.2 Å². The average Bonchev–Trinajstić information content (AvgIpc) is 2.66. The van der Waals surface area contributed by atoms with Crippen molar-refractivity contribution in [2.45, 2.75) is 31.7 Å². The first kappa shape index (κ1) is 14.7. The molecule has 1 aliphatic heterocycles. The number of nitrogens with one attached hydrogen (secondary N) is 1. The molecule has 0 bridgehead atoms. The number of aliphatic carboxylic acids is 1. The van der Waals surface area contributed by atoms with Gasteiger partial charge in [-0.2, -0.15) is 0 Å². The van der Waals surface area contributed by atoms with Crippen molar-refractivity contribution in [3.05, 3.63) is 0 Å². The predicted molar refractivity (Wildman–Crippen MR) is 63.6 cm³/mol. The summed E-state index contributed by atoms with van der Waals surface area (Å²) in [6, 6.07) is -1.15. The molecule has 1 saturated heterocycles. The Labute approximate surface area is 109 Å². The van der Waals surface area contributed by atoms with Crippen molar-refractivity contribution in [1.82, 2.24) is 10.2 Å². The van der Waals surface area contributed by atoms with E-state index >= 15 is 0 Å². The van der Waals surface area contributed by atoms with Crippen LogP contribution in [0.25, 0.3) is 0 Å². The lowest BCUT2D eigenvalue weighted by Gasteiger charge is -2.15. The molecule has 0 saturated carbocycles. The van der Waals surface area contributed by atoms with E-state index in [1.54, 1.807) is 0 Å². The highest BCUT2D eigenvalue weighted by Crippen LogP contribution is 2.11. The number of hydrogen-bond acceptors (Lipinski definition) is 4. The van der Waals surface area contributed by atoms with Gasteiger partial charge >= 0.3 is 5.97 Å². The van der Waals surface area contributed by atoms with Crippen LogP contribution in [0.5, 0.6) is 0 Å². The molecule has 1 rings (SSSR count). The van der Waals surface area contributed by atoms with Crippen molar-refractivity contribution in [2.24, 2.45) is 0 Å². The summed E-state index contributed by atoms with van der Waals surface area (Å²) in [4.78, 5) is 45.8. The third-order valence-corrected chi connectivity index (χ3v) is 2.67. The van der Waals surface area contributed by atoms with Crippen LogP contribution in [-0.2, 0) is 19.2 Å². The van der Waals surface area contributed by atoms with Gasteiger partial charge in [-0.25, -0.2) is 4.79 Å². The number of likely N-dealkylation sites (tertiary alicyclic amines) is 1. The smallest absolute Gasteiger partial charge is 0.327 e. The Morgan fingerprint density at radius 1 is 1.37 bits per heavy atom. The summed E-state index contributed by atoms with van der Waals surface area (Å²) in [5.41, 5.74) is 0. The Balaban J connectivity index is 2.43. The fourth-order valence-corrected chi connectivity index (χ4v) is 1.67. The summed E-state index contributed by atoms with van der Waals surface area (Å²) in [5.74, 6) is -0.249. The van der Waals surface area contributed by atoms with Gasteiger partial charge in [-0.15, -0.1) is 12.3 Å². The molecule has 1 heterocycles. The highest BCUT2D eigenvalue weighted by molar-refractivity contribution is 6.02. The monoisotopic (exact) mass is 266 g/mol. The van der Waals surface area contributed by atoms with Crippen LogP contribution in [-0.4, -0.2) is 46.3 Å². The van der Waals surface area contributed by atoms with Gasteiger partial charge in [0.1, 0.15) is 6.04 Å². The molecule has 0 aromatic heterocycles. The topological polar surface area (TPSA) is 104 Å². The summed E-state index contributed by atoms with van der Waals surface area (Å²) < 4.78 is 0. The summed E-state index contributed by atoms with van der Waals surface area (Å²) in [5, 5.41) is 11.0. The van der Waals surface area contributed by atoms with Crippen molar-refractivity contribution in [1.29, 1.82) is 0 Å². The second-order valence-electron chi connectivity index (χ2n) is 4.06. The Hall–Kier alpha value is -2.36. The van der Waals surface area contributed by atoms with Crippen LogP contribution in [0, 0.1) is 12.3 Å². The SMILES string of the molecule is C#CCC(NC(=O)CCN1C(=O)CCC1=O)C(=O)O. The standard InChI is InChI=1S/C12H14N2O5/c1-2-3-8(12(18)19)13-9(15)6-7-14-10(16)4-5-11(14)17/h1,8H,3-7H2,(H,13,15)(H,18,19). The minimum atomic E-state index is -1.22. The Bertz CT molecular complexity index is 436. The van der Waals surface area contributed by atoms with E-state index in [0.717, 1.165) is 4.90 Å². The van der Waals surface area contributed by atoms with Gasteiger partial charge in [-0.3, -0.25) is 19.3 Å². The maximum Gasteiger partial charge on any atom is 0.327 e. The predicted octanol–water partition coefficient (Wildman–Crippen LogP) is -0.882. The van der Waals surface area contributed by atoms with E-state index in [4.69, 9.17) is 11.5 Å². The number of amides is 3. The minimum absolute atomic E-state index is 0.0358. The van der Waals surface area contributed by atoms with Gasteiger partial charge in [0.25, 0.3) is 0 Å². The van der Waals surface area contributed by atoms with Gasteiger partial charge < -0.3 is 10.4 Å². The molecule has 19 heavy (non-hydrogen) atoms. The van der Waals surface area contributed by atoms with Crippen molar-refractivity contribution >= 4 is 23.7 Å². The van der Waals surface area contributed by atoms with Crippen LogP contribution in [0.15, 0.2) is 0 Å². The van der Waals surface area contributed by atoms with Crippen LogP contribution in [0.2, 0.25) is 0 Å². The van der Waals surface area contributed by atoms with Gasteiger partial charge in [0.05, 0.1) is 0 Å². The van der Waals surface area contributed by atoms with Crippen molar-refractivity contribution < 1.29 is 24.3 Å². The van der Waals surface area contributed by atoms with Crippen molar-refractivity contribution in [3.8, 4) is 12.3 Å². The Kier molecular flexibility index (Phi) is 5.06. The second kappa shape index (κ2) is 6.54. The molecule has 2 N–H and O–H groups in total. The maximum absolute atomic E-state index is 11.5. The zero-order valence-corrected chi connectivity index (χ0v) is 10.2. The van der Waals surface area contributed by atoms with Crippen LogP contribution in [0.1, 0.15) is 25.7 Å². The first-order valence-electron chi connectivity index (χ1n) is 5.74. The van der Waals surface area contributed by atoms with Crippen LogP contribution in [0.4, 0.5) is 0 Å². The molecule has 1 aliphatic rings. The highest BCUT2D eigenvalue weighted by atomic mass is 16.4. The third-order valence-electron chi connectivity index (χ3n) is 2.67. The number of rotatable bonds is 6. The lowest BCUT2D eigenvalue weighted by molar-refractivity contribution is -0.142. The Morgan fingerprint density at radius 3 is 2.42 bits per heavy atom. The van der Waals surface area contributed by atoms with Gasteiger partial charge in [0, 0.05) is 32.2 Å². The first-order valence-corrected chi connectivity index (χ1v) is 5.74. The second-order valence-corrected chi connectivity index (χ2v) is 4.06. The summed E-state index contributed by atoms with van der Waals surface area (Å²) in [6.07, 6.45) is 5.06. The molecule has 1 unspecified atom stereocenters. The zero-order chi connectivity index (χ0) is 14.4. The fraction of sp³-hybridized carbons (Fsp3) is 0.500. The molecule has 0 radical (unpaired) electrons. The number of hydrogen-bond donors (Lipinski definition) is 2. The quantitative estimate of drug-likeness (QED) is 0.480. The average molecular weight is 266 g/mol. The number of nitrogens with zero attached hydrogens (tertiary/aromatic N) is 1. The van der Waals surface area contributed by atoms with Gasteiger partial charge in [-0.1, -0.05) is 0 Å². The molecule has 1 atom stereocenters. The van der Waals surface area contributed by atoms with E-state index in [1.165, 1.54) is 0 Å². The van der Waals surface area contributed by atoms with E-state index in [0.29, 0.717) is 0 Å². The number of imide groups is 1. The molecule has 0 aliphatic carbocycles. The van der Waals surface area contributed by atoms with Crippen LogP contribution in [0.3, 0.4) is 0 Å². The zero-order valence-electron chi connectivity index (χ0n) is 10.2. The first-order chi connectivity index (χ1) is 8.95. The largest absolute Gasteiger partial charge is 0.480 e. The van der Waals surface area contributed by atoms with Crippen molar-refractivity contribution in [2.75, 3.05) is 6.54 Å². The van der Waals surface area contributed by atoms with Gasteiger partial charge in [0.15, 0.2) is 0 Å². The molecular formula is C12H14N2O5. The summed E-state index contributed by atoms with van der Waals surface area (Å²) in [7, 11) is 0. The number of carboxylic acid groups (broad SMARTS) is 1. The number of carbonyl (C=O) groups excluding carboxylic acids is 3. The molecule has 0 aromatic rings. The van der Waals surface area contributed by atoms with Crippen LogP contribution < -0.4 is 5.32 Å². The third kappa shape index (κ3) is 4.10. The van der Waals surface area contributed by atoms with E-state index in [-0.39, 0.29) is 44.0 Å². The van der Waals surface area contributed by atoms with E-state index < -0.39 is 17.9 Å². The molecule has 102 valence electrons. The highest BCUT2D eigenvalue weighted by Gasteiger charge is 2.29. The van der Waals surface area contributed by atoms with Gasteiger partial charge in [-0.05, 0) is 0 Å². The van der Waals surface area contributed by atoms with E-state index in [2.05, 4.69) is 11.2 Å². The molecule has 7 nitrogen and oxygen atoms in total. The molecule has 1 fully saturated rings. The molecule has 7 heteroatoms. The number of terminal acetylenes is 1. The lowest BCUT2D eigenvalue weighted by Crippen LogP contribution is -2.42. The number of carboxylic acids is 1. The van der Waals surface area contributed by atoms with Gasteiger partial charge in [0.2, 0.25) is 17.7 Å². The summed E-state index contributed by atoms with van der Waals surface area (Å²) >= 11 is 0. The molecule has 0 spiro atoms.